The van der Waals surface area contributed by atoms with Gasteiger partial charge in [-0.05, 0) is 38.0 Å². The summed E-state index contributed by atoms with van der Waals surface area (Å²) in [6.45, 7) is 5.37. The molecule has 0 saturated heterocycles. The van der Waals surface area contributed by atoms with Crippen LogP contribution in [-0.2, 0) is 4.74 Å². The van der Waals surface area contributed by atoms with Crippen LogP contribution in [0.2, 0.25) is 10.0 Å². The van der Waals surface area contributed by atoms with Gasteiger partial charge in [-0.25, -0.2) is 4.98 Å². The highest BCUT2D eigenvalue weighted by molar-refractivity contribution is 6.35. The Morgan fingerprint density at radius 1 is 1.24 bits per heavy atom. The highest BCUT2D eigenvalue weighted by Crippen LogP contribution is 2.29. The third kappa shape index (κ3) is 3.90. The quantitative estimate of drug-likeness (QED) is 0.806. The second-order valence-corrected chi connectivity index (χ2v) is 5.72. The maximum atomic E-state index is 6.35. The number of halogens is 2. The number of anilines is 1. The summed E-state index contributed by atoms with van der Waals surface area (Å²) in [7, 11) is 1.69. The fourth-order valence-corrected chi connectivity index (χ4v) is 2.51. The van der Waals surface area contributed by atoms with Crippen LogP contribution in [0, 0.1) is 13.8 Å². The van der Waals surface area contributed by atoms with Crippen molar-refractivity contribution in [3.63, 3.8) is 0 Å². The summed E-state index contributed by atoms with van der Waals surface area (Å²) in [5, 5.41) is 4.63. The maximum absolute atomic E-state index is 6.35. The lowest BCUT2D eigenvalue weighted by Crippen LogP contribution is -2.09. The van der Waals surface area contributed by atoms with E-state index in [1.807, 2.05) is 36.7 Å². The molecule has 0 atom stereocenters. The summed E-state index contributed by atoms with van der Waals surface area (Å²) in [4.78, 5) is 4.49. The number of ether oxygens (including phenoxy) is 1. The van der Waals surface area contributed by atoms with Gasteiger partial charge < -0.3 is 10.1 Å². The number of methoxy groups -OCH3 is 1. The zero-order valence-corrected chi connectivity index (χ0v) is 13.9. The van der Waals surface area contributed by atoms with Gasteiger partial charge in [-0.3, -0.25) is 4.57 Å². The first-order valence-corrected chi connectivity index (χ1v) is 7.53. The number of imidazole rings is 1. The summed E-state index contributed by atoms with van der Waals surface area (Å²) in [5.74, 6) is 0.755. The summed E-state index contributed by atoms with van der Waals surface area (Å²) in [5.41, 5.74) is 2.69. The first kappa shape index (κ1) is 16.1. The molecule has 6 heteroatoms. The fraction of sp³-hybridized carbons (Fsp3) is 0.400. The largest absolute Gasteiger partial charge is 0.385 e. The van der Waals surface area contributed by atoms with Crippen molar-refractivity contribution in [2.45, 2.75) is 20.3 Å². The maximum Gasteiger partial charge on any atom is 0.207 e. The standard InChI is InChI=1S/C15H19Cl2N3O/c1-10-7-13(17)14(8-12(10)16)20-9-11(2)19-15(20)18-5-4-6-21-3/h7-9H,4-6H2,1-3H3,(H,18,19). The number of hydrogen-bond acceptors (Lipinski definition) is 3. The molecule has 0 saturated carbocycles. The minimum atomic E-state index is 0.647. The van der Waals surface area contributed by atoms with Crippen molar-refractivity contribution >= 4 is 29.2 Å². The summed E-state index contributed by atoms with van der Waals surface area (Å²) < 4.78 is 6.97. The van der Waals surface area contributed by atoms with Crippen molar-refractivity contribution in [1.82, 2.24) is 9.55 Å². The van der Waals surface area contributed by atoms with Gasteiger partial charge in [0.25, 0.3) is 0 Å². The molecule has 1 heterocycles. The molecule has 1 N–H and O–H groups in total. The molecule has 114 valence electrons. The number of rotatable bonds is 6. The average Bonchev–Trinajstić information content (AvgIpc) is 2.80. The Morgan fingerprint density at radius 2 is 2.00 bits per heavy atom. The van der Waals surface area contributed by atoms with E-state index in [-0.39, 0.29) is 0 Å². The van der Waals surface area contributed by atoms with Crippen LogP contribution in [0.15, 0.2) is 18.3 Å². The van der Waals surface area contributed by atoms with Gasteiger partial charge >= 0.3 is 0 Å². The van der Waals surface area contributed by atoms with Gasteiger partial charge in [-0.1, -0.05) is 23.2 Å². The van der Waals surface area contributed by atoms with E-state index in [4.69, 9.17) is 27.9 Å². The second kappa shape index (κ2) is 7.16. The minimum absolute atomic E-state index is 0.647. The molecule has 0 aliphatic heterocycles. The van der Waals surface area contributed by atoms with Gasteiger partial charge in [0.1, 0.15) is 0 Å². The van der Waals surface area contributed by atoms with E-state index < -0.39 is 0 Å². The lowest BCUT2D eigenvalue weighted by atomic mass is 10.2. The van der Waals surface area contributed by atoms with E-state index in [0.717, 1.165) is 35.9 Å². The van der Waals surface area contributed by atoms with Gasteiger partial charge in [0.2, 0.25) is 5.95 Å². The van der Waals surface area contributed by atoms with Gasteiger partial charge in [-0.15, -0.1) is 0 Å². The molecule has 0 amide bonds. The predicted molar refractivity (Wildman–Crippen MR) is 88.0 cm³/mol. The molecule has 2 aromatic rings. The molecular weight excluding hydrogens is 309 g/mol. The molecule has 0 aliphatic carbocycles. The Hall–Kier alpha value is -1.23. The van der Waals surface area contributed by atoms with Crippen LogP contribution < -0.4 is 5.32 Å². The molecule has 0 unspecified atom stereocenters. The molecule has 21 heavy (non-hydrogen) atoms. The SMILES string of the molecule is COCCCNc1nc(C)cn1-c1cc(Cl)c(C)cc1Cl. The summed E-state index contributed by atoms with van der Waals surface area (Å²) in [6.07, 6.45) is 2.84. The van der Waals surface area contributed by atoms with Gasteiger partial charge in [-0.2, -0.15) is 0 Å². The van der Waals surface area contributed by atoms with Crippen LogP contribution in [0.3, 0.4) is 0 Å². The van der Waals surface area contributed by atoms with Crippen molar-refractivity contribution in [1.29, 1.82) is 0 Å². The van der Waals surface area contributed by atoms with E-state index in [0.29, 0.717) is 16.7 Å². The second-order valence-electron chi connectivity index (χ2n) is 4.90. The van der Waals surface area contributed by atoms with Crippen molar-refractivity contribution in [2.75, 3.05) is 25.6 Å². The summed E-state index contributed by atoms with van der Waals surface area (Å²) in [6, 6.07) is 3.73. The zero-order chi connectivity index (χ0) is 15.4. The van der Waals surface area contributed by atoms with Gasteiger partial charge in [0, 0.05) is 31.5 Å². The van der Waals surface area contributed by atoms with E-state index in [9.17, 15) is 0 Å². The molecule has 0 radical (unpaired) electrons. The first-order chi connectivity index (χ1) is 10.0. The number of aryl methyl sites for hydroxylation is 2. The van der Waals surface area contributed by atoms with Crippen LogP contribution in [0.5, 0.6) is 0 Å². The number of nitrogens with zero attached hydrogens (tertiary/aromatic N) is 2. The lowest BCUT2D eigenvalue weighted by Gasteiger charge is -2.12. The van der Waals surface area contributed by atoms with Crippen LogP contribution in [-0.4, -0.2) is 29.8 Å². The fourth-order valence-electron chi connectivity index (χ4n) is 2.04. The van der Waals surface area contributed by atoms with Crippen molar-refractivity contribution in [2.24, 2.45) is 0 Å². The Morgan fingerprint density at radius 3 is 2.71 bits per heavy atom. The molecule has 0 bridgehead atoms. The van der Waals surface area contributed by atoms with Crippen LogP contribution in [0.25, 0.3) is 5.69 Å². The number of aromatic nitrogens is 2. The van der Waals surface area contributed by atoms with Crippen LogP contribution in [0.1, 0.15) is 17.7 Å². The third-order valence-electron chi connectivity index (χ3n) is 3.12. The summed E-state index contributed by atoms with van der Waals surface area (Å²) >= 11 is 12.6. The molecule has 0 spiro atoms. The number of benzene rings is 1. The Labute approximate surface area is 135 Å². The predicted octanol–water partition coefficient (Wildman–Crippen LogP) is 4.24. The average molecular weight is 328 g/mol. The van der Waals surface area contributed by atoms with Crippen LogP contribution in [0.4, 0.5) is 5.95 Å². The Kier molecular flexibility index (Phi) is 5.51. The molecule has 2 rings (SSSR count). The monoisotopic (exact) mass is 327 g/mol. The van der Waals surface area contributed by atoms with E-state index >= 15 is 0 Å². The van der Waals surface area contributed by atoms with Gasteiger partial charge in [0.05, 0.1) is 16.4 Å². The van der Waals surface area contributed by atoms with E-state index in [1.165, 1.54) is 0 Å². The number of hydrogen-bond donors (Lipinski definition) is 1. The molecule has 1 aromatic heterocycles. The first-order valence-electron chi connectivity index (χ1n) is 6.77. The molecule has 0 aliphatic rings. The van der Waals surface area contributed by atoms with Crippen molar-refractivity contribution < 1.29 is 4.74 Å². The highest BCUT2D eigenvalue weighted by atomic mass is 35.5. The van der Waals surface area contributed by atoms with Crippen molar-refractivity contribution in [3.05, 3.63) is 39.6 Å². The van der Waals surface area contributed by atoms with E-state index in [2.05, 4.69) is 10.3 Å². The number of nitrogens with one attached hydrogen (secondary N) is 1. The smallest absolute Gasteiger partial charge is 0.207 e. The van der Waals surface area contributed by atoms with E-state index in [1.54, 1.807) is 7.11 Å². The topological polar surface area (TPSA) is 39.1 Å². The Balaban J connectivity index is 2.29. The molecule has 1 aromatic carbocycles. The molecule has 4 nitrogen and oxygen atoms in total. The van der Waals surface area contributed by atoms with Gasteiger partial charge in [0.15, 0.2) is 0 Å². The minimum Gasteiger partial charge on any atom is -0.385 e. The normalized spacial score (nSPS) is 10.9. The van der Waals surface area contributed by atoms with Crippen molar-refractivity contribution in [3.8, 4) is 5.69 Å². The third-order valence-corrected chi connectivity index (χ3v) is 3.83. The van der Waals surface area contributed by atoms with Crippen LogP contribution >= 0.6 is 23.2 Å². The lowest BCUT2D eigenvalue weighted by molar-refractivity contribution is 0.197. The molecular formula is C15H19Cl2N3O. The molecule has 0 fully saturated rings. The zero-order valence-electron chi connectivity index (χ0n) is 12.4. The Bertz CT molecular complexity index is 626. The highest BCUT2D eigenvalue weighted by Gasteiger charge is 2.12.